The molecule has 2 aromatic heterocycles. The van der Waals surface area contributed by atoms with Crippen LogP contribution in [0.25, 0.3) is 11.4 Å². The Balaban J connectivity index is 1.45. The van der Waals surface area contributed by atoms with E-state index in [1.54, 1.807) is 12.3 Å². The Hall–Kier alpha value is -2.93. The fraction of sp³-hybridized carbons (Fsp3) is 0.118. The van der Waals surface area contributed by atoms with E-state index in [-0.39, 0.29) is 12.5 Å². The van der Waals surface area contributed by atoms with Crippen molar-refractivity contribution >= 4 is 22.4 Å². The van der Waals surface area contributed by atoms with Crippen LogP contribution < -0.4 is 14.8 Å². The van der Waals surface area contributed by atoms with Gasteiger partial charge in [-0.2, -0.15) is 0 Å². The van der Waals surface area contributed by atoms with Crippen LogP contribution in [0.1, 0.15) is 0 Å². The minimum atomic E-state index is -0.706. The van der Waals surface area contributed by atoms with Crippen molar-refractivity contribution in [1.29, 1.82) is 0 Å². The quantitative estimate of drug-likeness (QED) is 0.794. The predicted molar refractivity (Wildman–Crippen MR) is 90.3 cm³/mol. The number of ether oxygens (including phenoxy) is 2. The molecule has 3 heterocycles. The predicted octanol–water partition coefficient (Wildman–Crippen LogP) is 2.98. The third-order valence-electron chi connectivity index (χ3n) is 3.46. The molecule has 0 bridgehead atoms. The van der Waals surface area contributed by atoms with Crippen molar-refractivity contribution in [2.45, 2.75) is 6.10 Å². The maximum atomic E-state index is 12.4. The molecule has 120 valence electrons. The van der Waals surface area contributed by atoms with Gasteiger partial charge in [0.1, 0.15) is 12.3 Å². The Labute approximate surface area is 142 Å². The van der Waals surface area contributed by atoms with Gasteiger partial charge in [0.05, 0.1) is 5.69 Å². The highest BCUT2D eigenvalue weighted by atomic mass is 32.1. The lowest BCUT2D eigenvalue weighted by molar-refractivity contribution is -0.125. The van der Waals surface area contributed by atoms with Gasteiger partial charge in [-0.3, -0.25) is 15.1 Å². The normalized spacial score (nSPS) is 15.8. The van der Waals surface area contributed by atoms with Crippen molar-refractivity contribution < 1.29 is 14.3 Å². The average molecular weight is 339 g/mol. The minimum Gasteiger partial charge on any atom is -0.485 e. The summed E-state index contributed by atoms with van der Waals surface area (Å²) in [7, 11) is 0. The summed E-state index contributed by atoms with van der Waals surface area (Å²) in [4.78, 5) is 21.0. The van der Waals surface area contributed by atoms with E-state index in [0.29, 0.717) is 16.6 Å². The van der Waals surface area contributed by atoms with E-state index < -0.39 is 6.10 Å². The first kappa shape index (κ1) is 14.6. The van der Waals surface area contributed by atoms with E-state index in [1.807, 2.05) is 41.8 Å². The molecule has 0 saturated carbocycles. The maximum absolute atomic E-state index is 12.4. The van der Waals surface area contributed by atoms with Gasteiger partial charge in [0, 0.05) is 11.6 Å². The van der Waals surface area contributed by atoms with Gasteiger partial charge < -0.3 is 9.47 Å². The highest BCUT2D eigenvalue weighted by Gasteiger charge is 2.27. The first-order valence-corrected chi connectivity index (χ1v) is 8.24. The number of thiazole rings is 1. The summed E-state index contributed by atoms with van der Waals surface area (Å²) in [6, 6.07) is 12.9. The number of hydrogen-bond donors (Lipinski definition) is 1. The molecule has 6 nitrogen and oxygen atoms in total. The van der Waals surface area contributed by atoms with Crippen molar-refractivity contribution in [1.82, 2.24) is 9.97 Å². The summed E-state index contributed by atoms with van der Waals surface area (Å²) in [6.45, 7) is 0.168. The highest BCUT2D eigenvalue weighted by Crippen LogP contribution is 2.31. The molecule has 0 unspecified atom stereocenters. The summed E-state index contributed by atoms with van der Waals surface area (Å²) in [5, 5.41) is 5.12. The number of amides is 1. The number of carbonyl (C=O) groups excluding carboxylic acids is 1. The summed E-state index contributed by atoms with van der Waals surface area (Å²) in [5.41, 5.74) is 1.49. The summed E-state index contributed by atoms with van der Waals surface area (Å²) >= 11 is 1.34. The van der Waals surface area contributed by atoms with Crippen molar-refractivity contribution in [3.8, 4) is 22.9 Å². The van der Waals surface area contributed by atoms with Gasteiger partial charge in [0.25, 0.3) is 5.91 Å². The molecule has 7 heteroatoms. The molecule has 0 saturated heterocycles. The van der Waals surface area contributed by atoms with Crippen LogP contribution in [-0.2, 0) is 4.79 Å². The Morgan fingerprint density at radius 2 is 1.96 bits per heavy atom. The maximum Gasteiger partial charge on any atom is 0.270 e. The van der Waals surface area contributed by atoms with Gasteiger partial charge in [-0.15, -0.1) is 11.3 Å². The first-order valence-electron chi connectivity index (χ1n) is 7.36. The monoisotopic (exact) mass is 339 g/mol. The number of carbonyl (C=O) groups is 1. The number of rotatable bonds is 3. The largest absolute Gasteiger partial charge is 0.485 e. The van der Waals surface area contributed by atoms with Crippen LogP contribution >= 0.6 is 11.3 Å². The molecule has 0 spiro atoms. The first-order chi connectivity index (χ1) is 11.8. The Kier molecular flexibility index (Phi) is 3.84. The molecule has 1 aliphatic rings. The smallest absolute Gasteiger partial charge is 0.270 e. The van der Waals surface area contributed by atoms with Gasteiger partial charge in [-0.1, -0.05) is 18.2 Å². The van der Waals surface area contributed by atoms with E-state index >= 15 is 0 Å². The topological polar surface area (TPSA) is 73.3 Å². The van der Waals surface area contributed by atoms with Crippen molar-refractivity contribution in [3.63, 3.8) is 0 Å². The molecular formula is C17H13N3O3S. The van der Waals surface area contributed by atoms with Crippen LogP contribution in [0.2, 0.25) is 0 Å². The molecule has 0 fully saturated rings. The lowest BCUT2D eigenvalue weighted by Gasteiger charge is -2.25. The zero-order chi connectivity index (χ0) is 16.4. The Bertz CT molecular complexity index is 866. The zero-order valence-corrected chi connectivity index (χ0v) is 13.3. The zero-order valence-electron chi connectivity index (χ0n) is 12.5. The number of anilines is 1. The summed E-state index contributed by atoms with van der Waals surface area (Å²) in [5.74, 6) is 0.928. The van der Waals surface area contributed by atoms with Crippen LogP contribution in [0, 0.1) is 0 Å². The Morgan fingerprint density at radius 3 is 2.79 bits per heavy atom. The van der Waals surface area contributed by atoms with Gasteiger partial charge in [0.2, 0.25) is 6.10 Å². The van der Waals surface area contributed by atoms with Gasteiger partial charge in [0.15, 0.2) is 16.6 Å². The fourth-order valence-corrected chi connectivity index (χ4v) is 3.00. The molecule has 0 radical (unpaired) electrons. The minimum absolute atomic E-state index is 0.168. The summed E-state index contributed by atoms with van der Waals surface area (Å²) in [6.07, 6.45) is 1.000. The fourth-order valence-electron chi connectivity index (χ4n) is 2.30. The van der Waals surface area contributed by atoms with Crippen LogP contribution in [0.5, 0.6) is 11.5 Å². The van der Waals surface area contributed by atoms with Crippen molar-refractivity contribution in [3.05, 3.63) is 54.0 Å². The van der Waals surface area contributed by atoms with Gasteiger partial charge in [-0.05, 0) is 24.3 Å². The molecule has 0 aliphatic carbocycles. The molecular weight excluding hydrogens is 326 g/mol. The Morgan fingerprint density at radius 1 is 1.12 bits per heavy atom. The van der Waals surface area contributed by atoms with Crippen LogP contribution in [-0.4, -0.2) is 28.6 Å². The van der Waals surface area contributed by atoms with E-state index in [9.17, 15) is 4.79 Å². The molecule has 1 amide bonds. The second-order valence-corrected chi connectivity index (χ2v) is 5.96. The van der Waals surface area contributed by atoms with Crippen LogP contribution in [0.3, 0.4) is 0 Å². The number of fused-ring (bicyclic) bond motifs is 1. The summed E-state index contributed by atoms with van der Waals surface area (Å²) < 4.78 is 11.2. The lowest BCUT2D eigenvalue weighted by Crippen LogP contribution is -2.40. The molecule has 1 aliphatic heterocycles. The third-order valence-corrected chi connectivity index (χ3v) is 4.22. The second-order valence-electron chi connectivity index (χ2n) is 5.11. The number of benzene rings is 1. The van der Waals surface area contributed by atoms with Crippen molar-refractivity contribution in [2.75, 3.05) is 11.9 Å². The number of nitrogens with zero attached hydrogens (tertiary/aromatic N) is 2. The lowest BCUT2D eigenvalue weighted by atomic mass is 10.2. The number of aromatic nitrogens is 2. The van der Waals surface area contributed by atoms with E-state index in [2.05, 4.69) is 15.3 Å². The molecule has 24 heavy (non-hydrogen) atoms. The molecule has 1 aromatic carbocycles. The number of para-hydroxylation sites is 2. The molecule has 1 atom stereocenters. The molecule has 3 aromatic rings. The van der Waals surface area contributed by atoms with E-state index in [0.717, 1.165) is 11.4 Å². The third kappa shape index (κ3) is 2.93. The average Bonchev–Trinajstić information content (AvgIpc) is 3.10. The van der Waals surface area contributed by atoms with Gasteiger partial charge in [-0.25, -0.2) is 4.98 Å². The SMILES string of the molecule is O=C(Nc1nc(-c2ccccn2)cs1)[C@@H]1COc2ccccc2O1. The molecule has 4 rings (SSSR count). The molecule has 1 N–H and O–H groups in total. The standard InChI is InChI=1S/C17H13N3O3S/c21-16(15-9-22-13-6-1-2-7-14(13)23-15)20-17-19-12(10-24-17)11-5-3-4-8-18-11/h1-8,10,15H,9H2,(H,19,20,21)/t15-/m0/s1. The number of hydrogen-bond acceptors (Lipinski definition) is 6. The highest BCUT2D eigenvalue weighted by molar-refractivity contribution is 7.14. The van der Waals surface area contributed by atoms with Crippen LogP contribution in [0.4, 0.5) is 5.13 Å². The second kappa shape index (κ2) is 6.29. The van der Waals surface area contributed by atoms with Gasteiger partial charge >= 0.3 is 0 Å². The van der Waals surface area contributed by atoms with E-state index in [1.165, 1.54) is 11.3 Å². The van der Waals surface area contributed by atoms with E-state index in [4.69, 9.17) is 9.47 Å². The van der Waals surface area contributed by atoms with Crippen LogP contribution in [0.15, 0.2) is 54.0 Å². The van der Waals surface area contributed by atoms with Crippen molar-refractivity contribution in [2.24, 2.45) is 0 Å². The number of pyridine rings is 1. The number of nitrogens with one attached hydrogen (secondary N) is 1.